The number of rotatable bonds is 1. The van der Waals surface area contributed by atoms with Crippen LogP contribution in [0.15, 0.2) is 21.2 Å². The first-order chi connectivity index (χ1) is 6.66. The van der Waals surface area contributed by atoms with Gasteiger partial charge in [0.2, 0.25) is 0 Å². The van der Waals surface area contributed by atoms with Gasteiger partial charge in [0.15, 0.2) is 0 Å². The van der Waals surface area contributed by atoms with Crippen LogP contribution in [-0.4, -0.2) is 29.3 Å². The van der Waals surface area contributed by atoms with Crippen LogP contribution in [0.1, 0.15) is 6.42 Å². The molecule has 1 aliphatic rings. The molecule has 0 bridgehead atoms. The number of β-amino-alcohol motifs (C(OH)–C–C–N with tert-alkyl or cyclic N) is 1. The summed E-state index contributed by atoms with van der Waals surface area (Å²) in [6.07, 6.45) is 2.38. The lowest BCUT2D eigenvalue weighted by Gasteiger charge is -2.17. The average molecular weight is 322 g/mol. The summed E-state index contributed by atoms with van der Waals surface area (Å²) < 4.78 is 1.91. The molecule has 0 radical (unpaired) electrons. The number of hydrogen-bond acceptors (Lipinski definition) is 3. The molecule has 1 aliphatic heterocycles. The van der Waals surface area contributed by atoms with Crippen molar-refractivity contribution in [1.29, 1.82) is 0 Å². The Hall–Kier alpha value is -0.130. The van der Waals surface area contributed by atoms with Gasteiger partial charge in [-0.2, -0.15) is 0 Å². The Morgan fingerprint density at radius 2 is 2.29 bits per heavy atom. The summed E-state index contributed by atoms with van der Waals surface area (Å²) in [4.78, 5) is 6.40. The van der Waals surface area contributed by atoms with Gasteiger partial charge in [-0.1, -0.05) is 0 Å². The van der Waals surface area contributed by atoms with Crippen molar-refractivity contribution in [3.63, 3.8) is 0 Å². The molecule has 1 fully saturated rings. The van der Waals surface area contributed by atoms with Crippen LogP contribution in [0.5, 0.6) is 0 Å². The number of aliphatic hydroxyl groups excluding tert-OH is 1. The number of nitrogens with zero attached hydrogens (tertiary/aromatic N) is 2. The molecule has 76 valence electrons. The summed E-state index contributed by atoms with van der Waals surface area (Å²) in [6.45, 7) is 1.54. The van der Waals surface area contributed by atoms with Crippen LogP contribution in [0.4, 0.5) is 5.82 Å². The second kappa shape index (κ2) is 4.16. The average Bonchev–Trinajstić information content (AvgIpc) is 2.51. The van der Waals surface area contributed by atoms with E-state index in [9.17, 15) is 5.11 Å². The molecule has 2 rings (SSSR count). The van der Waals surface area contributed by atoms with E-state index in [2.05, 4.69) is 41.7 Å². The van der Waals surface area contributed by atoms with Gasteiger partial charge in [0.1, 0.15) is 5.82 Å². The summed E-state index contributed by atoms with van der Waals surface area (Å²) in [7, 11) is 0. The maximum Gasteiger partial charge on any atom is 0.143 e. The number of aliphatic hydroxyl groups is 1. The molecule has 1 aromatic heterocycles. The van der Waals surface area contributed by atoms with Gasteiger partial charge in [-0.25, -0.2) is 4.98 Å². The Kier molecular flexibility index (Phi) is 3.09. The minimum absolute atomic E-state index is 0.215. The number of hydrogen-bond donors (Lipinski definition) is 1. The number of pyridine rings is 1. The molecule has 0 spiro atoms. The molecular formula is C9H10Br2N2O. The molecule has 1 saturated heterocycles. The van der Waals surface area contributed by atoms with E-state index in [0.717, 1.165) is 27.7 Å². The van der Waals surface area contributed by atoms with Crippen molar-refractivity contribution < 1.29 is 5.11 Å². The highest BCUT2D eigenvalue weighted by molar-refractivity contribution is 9.11. The van der Waals surface area contributed by atoms with Crippen LogP contribution < -0.4 is 4.90 Å². The quantitative estimate of drug-likeness (QED) is 0.861. The summed E-state index contributed by atoms with van der Waals surface area (Å²) in [5, 5.41) is 9.41. The molecule has 14 heavy (non-hydrogen) atoms. The largest absolute Gasteiger partial charge is 0.391 e. The van der Waals surface area contributed by atoms with Crippen LogP contribution in [0.2, 0.25) is 0 Å². The summed E-state index contributed by atoms with van der Waals surface area (Å²) in [6, 6.07) is 1.97. The second-order valence-electron chi connectivity index (χ2n) is 3.35. The molecule has 0 unspecified atom stereocenters. The highest BCUT2D eigenvalue weighted by Gasteiger charge is 2.22. The van der Waals surface area contributed by atoms with Crippen LogP contribution in [0, 0.1) is 0 Å². The lowest BCUT2D eigenvalue weighted by atomic mass is 10.3. The fraction of sp³-hybridized carbons (Fsp3) is 0.444. The first-order valence-electron chi connectivity index (χ1n) is 4.41. The van der Waals surface area contributed by atoms with Crippen molar-refractivity contribution in [2.75, 3.05) is 18.0 Å². The maximum absolute atomic E-state index is 9.41. The standard InChI is InChI=1S/C9H10Br2N2O/c10-6-3-8(11)9(12-4-6)13-2-1-7(14)5-13/h3-4,7,14H,1-2,5H2/t7-/m1/s1. The summed E-state index contributed by atoms with van der Waals surface area (Å²) in [5.41, 5.74) is 0. The molecule has 0 saturated carbocycles. The topological polar surface area (TPSA) is 36.4 Å². The SMILES string of the molecule is O[C@@H]1CCN(c2ncc(Br)cc2Br)C1. The maximum atomic E-state index is 9.41. The Balaban J connectivity index is 2.24. The van der Waals surface area contributed by atoms with E-state index in [0.29, 0.717) is 6.54 Å². The molecule has 1 atom stereocenters. The van der Waals surface area contributed by atoms with Gasteiger partial charge in [-0.3, -0.25) is 0 Å². The van der Waals surface area contributed by atoms with Gasteiger partial charge < -0.3 is 10.0 Å². The Morgan fingerprint density at radius 3 is 2.86 bits per heavy atom. The van der Waals surface area contributed by atoms with Crippen molar-refractivity contribution in [3.05, 3.63) is 21.2 Å². The zero-order chi connectivity index (χ0) is 10.1. The molecule has 0 aromatic carbocycles. The second-order valence-corrected chi connectivity index (χ2v) is 5.12. The highest BCUT2D eigenvalue weighted by atomic mass is 79.9. The molecule has 0 aliphatic carbocycles. The molecule has 0 amide bonds. The predicted octanol–water partition coefficient (Wildman–Crippen LogP) is 2.18. The highest BCUT2D eigenvalue weighted by Crippen LogP contribution is 2.28. The third-order valence-electron chi connectivity index (χ3n) is 2.25. The third kappa shape index (κ3) is 2.10. The molecular weight excluding hydrogens is 312 g/mol. The van der Waals surface area contributed by atoms with Crippen LogP contribution in [-0.2, 0) is 0 Å². The van der Waals surface area contributed by atoms with E-state index in [-0.39, 0.29) is 6.10 Å². The van der Waals surface area contributed by atoms with Crippen molar-refractivity contribution in [1.82, 2.24) is 4.98 Å². The van der Waals surface area contributed by atoms with E-state index < -0.39 is 0 Å². The zero-order valence-corrected chi connectivity index (χ0v) is 10.6. The Morgan fingerprint density at radius 1 is 1.50 bits per heavy atom. The number of aromatic nitrogens is 1. The number of halogens is 2. The van der Waals surface area contributed by atoms with Crippen molar-refractivity contribution >= 4 is 37.7 Å². The van der Waals surface area contributed by atoms with Crippen LogP contribution in [0.3, 0.4) is 0 Å². The monoisotopic (exact) mass is 320 g/mol. The molecule has 1 aromatic rings. The minimum Gasteiger partial charge on any atom is -0.391 e. The Bertz CT molecular complexity index is 346. The fourth-order valence-corrected chi connectivity index (χ4v) is 2.81. The summed E-state index contributed by atoms with van der Waals surface area (Å²) >= 11 is 6.82. The smallest absolute Gasteiger partial charge is 0.143 e. The van der Waals surface area contributed by atoms with E-state index in [1.165, 1.54) is 0 Å². The van der Waals surface area contributed by atoms with Crippen molar-refractivity contribution in [2.24, 2.45) is 0 Å². The third-order valence-corrected chi connectivity index (χ3v) is 3.27. The van der Waals surface area contributed by atoms with E-state index in [4.69, 9.17) is 0 Å². The van der Waals surface area contributed by atoms with Crippen LogP contribution >= 0.6 is 31.9 Å². The van der Waals surface area contributed by atoms with Crippen LogP contribution in [0.25, 0.3) is 0 Å². The van der Waals surface area contributed by atoms with Gasteiger partial charge in [-0.15, -0.1) is 0 Å². The lowest BCUT2D eigenvalue weighted by Crippen LogP contribution is -2.22. The molecule has 5 heteroatoms. The zero-order valence-electron chi connectivity index (χ0n) is 7.45. The van der Waals surface area contributed by atoms with Crippen molar-refractivity contribution in [3.8, 4) is 0 Å². The first-order valence-corrected chi connectivity index (χ1v) is 5.99. The Labute approximate surface area is 99.4 Å². The van der Waals surface area contributed by atoms with Crippen molar-refractivity contribution in [2.45, 2.75) is 12.5 Å². The van der Waals surface area contributed by atoms with E-state index >= 15 is 0 Å². The first kappa shape index (κ1) is 10.4. The normalized spacial score (nSPS) is 21.6. The van der Waals surface area contributed by atoms with Gasteiger partial charge in [0.25, 0.3) is 0 Å². The number of anilines is 1. The van der Waals surface area contributed by atoms with Gasteiger partial charge in [0, 0.05) is 23.8 Å². The van der Waals surface area contributed by atoms with E-state index in [1.54, 1.807) is 6.20 Å². The molecule has 3 nitrogen and oxygen atoms in total. The molecule has 2 heterocycles. The summed E-state index contributed by atoms with van der Waals surface area (Å²) in [5.74, 6) is 0.907. The predicted molar refractivity (Wildman–Crippen MR) is 62.5 cm³/mol. The van der Waals surface area contributed by atoms with Gasteiger partial charge >= 0.3 is 0 Å². The minimum atomic E-state index is -0.215. The lowest BCUT2D eigenvalue weighted by molar-refractivity contribution is 0.198. The van der Waals surface area contributed by atoms with Gasteiger partial charge in [-0.05, 0) is 44.3 Å². The fourth-order valence-electron chi connectivity index (χ4n) is 1.57. The van der Waals surface area contributed by atoms with Gasteiger partial charge in [0.05, 0.1) is 10.6 Å². The van der Waals surface area contributed by atoms with E-state index in [1.807, 2.05) is 6.07 Å². The molecule has 1 N–H and O–H groups in total.